The molecule has 0 radical (unpaired) electrons. The highest BCUT2D eigenvalue weighted by atomic mass is 32.2. The largest absolute Gasteiger partial charge is 0.495 e. The molecule has 0 heterocycles. The highest BCUT2D eigenvalue weighted by Gasteiger charge is 2.30. The van der Waals surface area contributed by atoms with E-state index in [1.807, 2.05) is 60.7 Å². The second-order valence-corrected chi connectivity index (χ2v) is 10.8. The van der Waals surface area contributed by atoms with Crippen LogP contribution in [0.3, 0.4) is 0 Å². The van der Waals surface area contributed by atoms with E-state index < -0.39 is 16.1 Å². The van der Waals surface area contributed by atoms with Crippen LogP contribution in [-0.4, -0.2) is 58.1 Å². The number of nitrogens with zero attached hydrogens (tertiary/aromatic N) is 2. The molecule has 0 unspecified atom stereocenters. The summed E-state index contributed by atoms with van der Waals surface area (Å²) >= 11 is 0. The number of para-hydroxylation sites is 2. The summed E-state index contributed by atoms with van der Waals surface area (Å²) in [6.07, 6.45) is 1.82. The third-order valence-electron chi connectivity index (χ3n) is 6.22. The molecule has 8 nitrogen and oxygen atoms in total. The van der Waals surface area contributed by atoms with Crippen molar-refractivity contribution in [1.82, 2.24) is 10.2 Å². The molecule has 0 aromatic heterocycles. The van der Waals surface area contributed by atoms with Gasteiger partial charge in [-0.25, -0.2) is 8.42 Å². The number of ether oxygens (including phenoxy) is 1. The van der Waals surface area contributed by atoms with E-state index in [1.54, 1.807) is 36.2 Å². The number of nitrogens with one attached hydrogen (secondary N) is 1. The molecule has 0 aliphatic carbocycles. The lowest BCUT2D eigenvalue weighted by atomic mass is 10.0. The van der Waals surface area contributed by atoms with Crippen LogP contribution in [0.15, 0.2) is 84.9 Å². The molecule has 0 spiro atoms. The van der Waals surface area contributed by atoms with E-state index >= 15 is 0 Å². The van der Waals surface area contributed by atoms with Crippen LogP contribution in [0.2, 0.25) is 0 Å². The Morgan fingerprint density at radius 3 is 2.05 bits per heavy atom. The standard InChI is InChI=1S/C29H35N3O5S/c1-30-29(34)26(21-23-13-6-4-7-14-23)31(22-24-15-8-5-9-16-24)28(33)19-12-20-32(38(3,35)36)25-17-10-11-18-27(25)37-2/h4-11,13-18,26H,12,19-22H2,1-3H3,(H,30,34)/t26-/m1/s1. The van der Waals surface area contributed by atoms with Crippen molar-refractivity contribution < 1.29 is 22.7 Å². The summed E-state index contributed by atoms with van der Waals surface area (Å²) in [5.74, 6) is -0.0609. The number of carbonyl (C=O) groups excluding carboxylic acids is 2. The van der Waals surface area contributed by atoms with Gasteiger partial charge in [0.1, 0.15) is 11.8 Å². The van der Waals surface area contributed by atoms with Crippen molar-refractivity contribution in [2.75, 3.05) is 31.3 Å². The molecular formula is C29H35N3O5S. The predicted molar refractivity (Wildman–Crippen MR) is 149 cm³/mol. The second kappa shape index (κ2) is 13.6. The molecular weight excluding hydrogens is 502 g/mol. The summed E-state index contributed by atoms with van der Waals surface area (Å²) < 4.78 is 31.8. The fourth-order valence-corrected chi connectivity index (χ4v) is 5.29. The number of likely N-dealkylation sites (N-methyl/N-ethyl adjacent to an activating group) is 1. The molecule has 202 valence electrons. The van der Waals surface area contributed by atoms with Crippen molar-refractivity contribution in [1.29, 1.82) is 0 Å². The van der Waals surface area contributed by atoms with E-state index in [-0.39, 0.29) is 37.7 Å². The predicted octanol–water partition coefficient (Wildman–Crippen LogP) is 3.63. The minimum absolute atomic E-state index is 0.0658. The zero-order valence-electron chi connectivity index (χ0n) is 22.0. The van der Waals surface area contributed by atoms with Crippen LogP contribution >= 0.6 is 0 Å². The molecule has 2 amide bonds. The number of methoxy groups -OCH3 is 1. The average Bonchev–Trinajstić information content (AvgIpc) is 2.93. The summed E-state index contributed by atoms with van der Waals surface area (Å²) in [6.45, 7) is 0.348. The molecule has 3 aromatic carbocycles. The summed E-state index contributed by atoms with van der Waals surface area (Å²) in [5.41, 5.74) is 2.25. The summed E-state index contributed by atoms with van der Waals surface area (Å²) in [7, 11) is -0.587. The highest BCUT2D eigenvalue weighted by molar-refractivity contribution is 7.92. The van der Waals surface area contributed by atoms with Crippen LogP contribution < -0.4 is 14.4 Å². The van der Waals surface area contributed by atoms with Crippen molar-refractivity contribution in [3.05, 3.63) is 96.1 Å². The monoisotopic (exact) mass is 537 g/mol. The molecule has 1 N–H and O–H groups in total. The van der Waals surface area contributed by atoms with Crippen molar-refractivity contribution in [2.45, 2.75) is 31.8 Å². The Bertz CT molecular complexity index is 1300. The Morgan fingerprint density at radius 1 is 0.895 bits per heavy atom. The van der Waals surface area contributed by atoms with Gasteiger partial charge in [0.25, 0.3) is 0 Å². The first-order chi connectivity index (χ1) is 18.2. The van der Waals surface area contributed by atoms with Crippen molar-refractivity contribution >= 4 is 27.5 Å². The van der Waals surface area contributed by atoms with Gasteiger partial charge in [-0.1, -0.05) is 72.8 Å². The van der Waals surface area contributed by atoms with Gasteiger partial charge in [0.05, 0.1) is 19.1 Å². The molecule has 0 aliphatic heterocycles. The molecule has 38 heavy (non-hydrogen) atoms. The quantitative estimate of drug-likeness (QED) is 0.359. The molecule has 9 heteroatoms. The van der Waals surface area contributed by atoms with Crippen LogP contribution in [0.5, 0.6) is 5.75 Å². The number of sulfonamides is 1. The first kappa shape index (κ1) is 28.7. The van der Waals surface area contributed by atoms with Gasteiger partial charge in [0.15, 0.2) is 0 Å². The lowest BCUT2D eigenvalue weighted by Gasteiger charge is -2.31. The minimum atomic E-state index is -3.63. The van der Waals surface area contributed by atoms with E-state index in [0.29, 0.717) is 17.9 Å². The van der Waals surface area contributed by atoms with Gasteiger partial charge in [0.2, 0.25) is 21.8 Å². The van der Waals surface area contributed by atoms with Gasteiger partial charge < -0.3 is 15.0 Å². The molecule has 3 rings (SSSR count). The summed E-state index contributed by atoms with van der Waals surface area (Å²) in [5, 5.41) is 2.70. The van der Waals surface area contributed by atoms with Crippen LogP contribution in [-0.2, 0) is 32.6 Å². The molecule has 0 bridgehead atoms. The third-order valence-corrected chi connectivity index (χ3v) is 7.40. The van der Waals surface area contributed by atoms with Crippen LogP contribution in [0.25, 0.3) is 0 Å². The van der Waals surface area contributed by atoms with Gasteiger partial charge in [-0.2, -0.15) is 0 Å². The Balaban J connectivity index is 1.84. The van der Waals surface area contributed by atoms with Crippen molar-refractivity contribution in [3.8, 4) is 5.75 Å². The Morgan fingerprint density at radius 2 is 1.47 bits per heavy atom. The van der Waals surface area contributed by atoms with E-state index in [9.17, 15) is 18.0 Å². The number of carbonyl (C=O) groups is 2. The fraction of sp³-hybridized carbons (Fsp3) is 0.310. The maximum absolute atomic E-state index is 13.6. The summed E-state index contributed by atoms with van der Waals surface area (Å²) in [6, 6.07) is 25.2. The van der Waals surface area contributed by atoms with E-state index in [4.69, 9.17) is 4.74 Å². The van der Waals surface area contributed by atoms with E-state index in [2.05, 4.69) is 5.32 Å². The zero-order valence-corrected chi connectivity index (χ0v) is 22.9. The Labute approximate surface area is 225 Å². The normalized spacial score (nSPS) is 11.9. The summed E-state index contributed by atoms with van der Waals surface area (Å²) in [4.78, 5) is 28.3. The number of hydrogen-bond donors (Lipinski definition) is 1. The fourth-order valence-electron chi connectivity index (χ4n) is 4.32. The number of rotatable bonds is 13. The number of hydrogen-bond acceptors (Lipinski definition) is 5. The van der Waals surface area contributed by atoms with Gasteiger partial charge >= 0.3 is 0 Å². The Hall–Kier alpha value is -3.85. The lowest BCUT2D eigenvalue weighted by Crippen LogP contribution is -2.49. The third kappa shape index (κ3) is 7.82. The first-order valence-electron chi connectivity index (χ1n) is 12.4. The topological polar surface area (TPSA) is 96.0 Å². The number of anilines is 1. The molecule has 0 aliphatic rings. The average molecular weight is 538 g/mol. The molecule has 0 saturated heterocycles. The van der Waals surface area contributed by atoms with Gasteiger partial charge in [-0.15, -0.1) is 0 Å². The SMILES string of the molecule is CNC(=O)[C@@H](Cc1ccccc1)N(Cc1ccccc1)C(=O)CCCN(c1ccccc1OC)S(C)(=O)=O. The minimum Gasteiger partial charge on any atom is -0.495 e. The van der Waals surface area contributed by atoms with Gasteiger partial charge in [-0.3, -0.25) is 13.9 Å². The van der Waals surface area contributed by atoms with E-state index in [1.165, 1.54) is 11.4 Å². The molecule has 1 atom stereocenters. The first-order valence-corrected chi connectivity index (χ1v) is 14.3. The number of amides is 2. The van der Waals surface area contributed by atoms with Crippen molar-refractivity contribution in [3.63, 3.8) is 0 Å². The Kier molecular flexibility index (Phi) is 10.3. The second-order valence-electron chi connectivity index (χ2n) is 8.94. The van der Waals surface area contributed by atoms with Crippen molar-refractivity contribution in [2.24, 2.45) is 0 Å². The molecule has 3 aromatic rings. The molecule has 0 saturated carbocycles. The van der Waals surface area contributed by atoms with Crippen LogP contribution in [0.1, 0.15) is 24.0 Å². The lowest BCUT2D eigenvalue weighted by molar-refractivity contribution is -0.141. The van der Waals surface area contributed by atoms with Gasteiger partial charge in [0, 0.05) is 33.0 Å². The maximum atomic E-state index is 13.6. The molecule has 0 fully saturated rings. The maximum Gasteiger partial charge on any atom is 0.242 e. The van der Waals surface area contributed by atoms with Crippen LogP contribution in [0.4, 0.5) is 5.69 Å². The van der Waals surface area contributed by atoms with E-state index in [0.717, 1.165) is 17.4 Å². The number of benzene rings is 3. The smallest absolute Gasteiger partial charge is 0.242 e. The van der Waals surface area contributed by atoms with Gasteiger partial charge in [-0.05, 0) is 29.7 Å². The zero-order chi connectivity index (χ0) is 27.5. The highest BCUT2D eigenvalue weighted by Crippen LogP contribution is 2.30. The van der Waals surface area contributed by atoms with Crippen LogP contribution in [0, 0.1) is 0 Å².